The van der Waals surface area contributed by atoms with Crippen molar-refractivity contribution < 1.29 is 18.8 Å². The van der Waals surface area contributed by atoms with Crippen LogP contribution in [0.5, 0.6) is 0 Å². The molecule has 15 heavy (non-hydrogen) atoms. The van der Waals surface area contributed by atoms with Crippen LogP contribution in [0.3, 0.4) is 0 Å². The SMILES string of the molecule is O=C=NC(CCCO[SiH3])(N=C=O)N=C=O. The molecule has 0 N–H and O–H groups in total. The second-order valence-electron chi connectivity index (χ2n) is 2.48. The van der Waals surface area contributed by atoms with Crippen molar-refractivity contribution >= 4 is 28.7 Å². The highest BCUT2D eigenvalue weighted by Crippen LogP contribution is 2.20. The molecule has 0 heterocycles. The Morgan fingerprint density at radius 3 is 1.87 bits per heavy atom. The summed E-state index contributed by atoms with van der Waals surface area (Å²) in [7, 11) is 0.574. The molecule has 0 bridgehead atoms. The second-order valence-corrected chi connectivity index (χ2v) is 3.06. The largest absolute Gasteiger partial charge is 0.428 e. The molecule has 7 nitrogen and oxygen atoms in total. The Kier molecular flexibility index (Phi) is 6.83. The van der Waals surface area contributed by atoms with E-state index in [1.165, 1.54) is 18.2 Å². The first-order chi connectivity index (χ1) is 7.24. The molecule has 0 amide bonds. The molecule has 0 rings (SSSR count). The summed E-state index contributed by atoms with van der Waals surface area (Å²) in [5.41, 5.74) is 0. The number of aliphatic imine (C=N–C) groups is 3. The molecule has 0 unspecified atom stereocenters. The molecule has 80 valence electrons. The third kappa shape index (κ3) is 4.92. The molecule has 0 atom stereocenters. The Morgan fingerprint density at radius 2 is 1.53 bits per heavy atom. The topological polar surface area (TPSA) is 97.5 Å². The zero-order chi connectivity index (χ0) is 11.6. The van der Waals surface area contributed by atoms with Crippen molar-refractivity contribution in [1.82, 2.24) is 0 Å². The van der Waals surface area contributed by atoms with Gasteiger partial charge in [0.15, 0.2) is 0 Å². The molecule has 0 aromatic heterocycles. The van der Waals surface area contributed by atoms with Gasteiger partial charge in [0, 0.05) is 13.0 Å². The van der Waals surface area contributed by atoms with E-state index < -0.39 is 5.79 Å². The lowest BCUT2D eigenvalue weighted by Crippen LogP contribution is -2.21. The van der Waals surface area contributed by atoms with Gasteiger partial charge in [0.05, 0.1) is 0 Å². The van der Waals surface area contributed by atoms with Crippen molar-refractivity contribution in [3.05, 3.63) is 0 Å². The monoisotopic (exact) mass is 227 g/mol. The van der Waals surface area contributed by atoms with Crippen molar-refractivity contribution in [1.29, 1.82) is 0 Å². The van der Waals surface area contributed by atoms with Gasteiger partial charge in [-0.1, -0.05) is 0 Å². The van der Waals surface area contributed by atoms with Gasteiger partial charge in [-0.3, -0.25) is 0 Å². The van der Waals surface area contributed by atoms with Crippen molar-refractivity contribution in [2.45, 2.75) is 18.6 Å². The number of hydrogen-bond acceptors (Lipinski definition) is 7. The molecule has 0 aromatic carbocycles. The van der Waals surface area contributed by atoms with Gasteiger partial charge in [-0.15, -0.1) is 0 Å². The van der Waals surface area contributed by atoms with E-state index in [0.29, 0.717) is 23.5 Å². The van der Waals surface area contributed by atoms with Crippen LogP contribution in [0.15, 0.2) is 15.0 Å². The smallest absolute Gasteiger partial charge is 0.277 e. The van der Waals surface area contributed by atoms with E-state index in [1.807, 2.05) is 0 Å². The third-order valence-electron chi connectivity index (χ3n) is 1.53. The van der Waals surface area contributed by atoms with E-state index in [1.54, 1.807) is 0 Å². The zero-order valence-corrected chi connectivity index (χ0v) is 10.1. The predicted octanol–water partition coefficient (Wildman–Crippen LogP) is -1.28. The first-order valence-electron chi connectivity index (χ1n) is 4.00. The quantitative estimate of drug-likeness (QED) is 0.234. The average Bonchev–Trinajstić information content (AvgIpc) is 2.19. The van der Waals surface area contributed by atoms with E-state index in [-0.39, 0.29) is 6.42 Å². The average molecular weight is 227 g/mol. The summed E-state index contributed by atoms with van der Waals surface area (Å²) in [6.45, 7) is 0.422. The molecule has 8 heteroatoms. The maximum Gasteiger partial charge on any atom is 0.277 e. The van der Waals surface area contributed by atoms with E-state index in [9.17, 15) is 14.4 Å². The molecule has 0 spiro atoms. The van der Waals surface area contributed by atoms with Crippen molar-refractivity contribution in [3.8, 4) is 0 Å². The van der Waals surface area contributed by atoms with Crippen molar-refractivity contribution in [3.63, 3.8) is 0 Å². The maximum absolute atomic E-state index is 10.1. The van der Waals surface area contributed by atoms with Crippen LogP contribution in [0.1, 0.15) is 12.8 Å². The van der Waals surface area contributed by atoms with Crippen LogP contribution in [0.25, 0.3) is 0 Å². The van der Waals surface area contributed by atoms with Gasteiger partial charge in [0.25, 0.3) is 5.79 Å². The Morgan fingerprint density at radius 1 is 1.07 bits per heavy atom. The van der Waals surface area contributed by atoms with Crippen LogP contribution in [0.4, 0.5) is 0 Å². The van der Waals surface area contributed by atoms with Crippen LogP contribution >= 0.6 is 0 Å². The summed E-state index contributed by atoms with van der Waals surface area (Å²) >= 11 is 0. The van der Waals surface area contributed by atoms with Gasteiger partial charge in [-0.05, 0) is 6.42 Å². The number of isocyanates is 3. The van der Waals surface area contributed by atoms with Gasteiger partial charge < -0.3 is 4.43 Å². The Labute approximate surface area is 88.5 Å². The first-order valence-corrected chi connectivity index (χ1v) is 4.82. The highest BCUT2D eigenvalue weighted by molar-refractivity contribution is 5.97. The van der Waals surface area contributed by atoms with Gasteiger partial charge in [0.2, 0.25) is 18.2 Å². The van der Waals surface area contributed by atoms with Crippen LogP contribution in [-0.4, -0.2) is 41.1 Å². The molecule has 0 saturated carbocycles. The minimum atomic E-state index is -1.76. The fourth-order valence-corrected chi connectivity index (χ4v) is 1.20. The van der Waals surface area contributed by atoms with Crippen LogP contribution in [0.2, 0.25) is 0 Å². The summed E-state index contributed by atoms with van der Waals surface area (Å²) in [6.07, 6.45) is 4.15. The van der Waals surface area contributed by atoms with Gasteiger partial charge in [0.1, 0.15) is 10.5 Å². The lowest BCUT2D eigenvalue weighted by atomic mass is 10.2. The Balaban J connectivity index is 4.85. The number of hydrogen-bond donors (Lipinski definition) is 0. The molecule has 0 radical (unpaired) electrons. The van der Waals surface area contributed by atoms with Crippen LogP contribution in [-0.2, 0) is 18.8 Å². The summed E-state index contributed by atoms with van der Waals surface area (Å²) in [6, 6.07) is 0. The van der Waals surface area contributed by atoms with Crippen molar-refractivity contribution in [2.24, 2.45) is 15.0 Å². The van der Waals surface area contributed by atoms with Gasteiger partial charge in [-0.2, -0.15) is 15.0 Å². The van der Waals surface area contributed by atoms with E-state index in [4.69, 9.17) is 4.43 Å². The highest BCUT2D eigenvalue weighted by atomic mass is 28.2. The fraction of sp³-hybridized carbons (Fsp3) is 0.571. The van der Waals surface area contributed by atoms with Crippen LogP contribution in [0, 0.1) is 0 Å². The van der Waals surface area contributed by atoms with Crippen LogP contribution < -0.4 is 0 Å². The van der Waals surface area contributed by atoms with E-state index >= 15 is 0 Å². The normalized spacial score (nSPS) is 12.8. The van der Waals surface area contributed by atoms with Gasteiger partial charge >= 0.3 is 0 Å². The Hall–Kier alpha value is -1.68. The summed E-state index contributed by atoms with van der Waals surface area (Å²) in [4.78, 5) is 39.9. The highest BCUT2D eigenvalue weighted by Gasteiger charge is 2.28. The summed E-state index contributed by atoms with van der Waals surface area (Å²) < 4.78 is 4.89. The van der Waals surface area contributed by atoms with Crippen molar-refractivity contribution in [2.75, 3.05) is 6.61 Å². The number of nitrogens with zero attached hydrogens (tertiary/aromatic N) is 3. The predicted molar refractivity (Wildman–Crippen MR) is 52.2 cm³/mol. The van der Waals surface area contributed by atoms with Gasteiger partial charge in [-0.25, -0.2) is 14.4 Å². The molecular weight excluding hydrogens is 218 g/mol. The standard InChI is InChI=1S/C7H9N3O4Si/c11-4-8-7(9-5-12,10-6-13)2-1-3-14-15/h1-3H2,15H3. The minimum absolute atomic E-state index is 0.0922. The second kappa shape index (κ2) is 7.70. The van der Waals surface area contributed by atoms with E-state index in [2.05, 4.69) is 15.0 Å². The molecule has 0 fully saturated rings. The molecule has 0 aromatic rings. The number of rotatable bonds is 7. The number of carbonyl (C=O) groups excluding carboxylic acids is 3. The molecule has 0 aliphatic heterocycles. The lowest BCUT2D eigenvalue weighted by Gasteiger charge is -2.13. The fourth-order valence-electron chi connectivity index (χ4n) is 0.916. The lowest BCUT2D eigenvalue weighted by molar-refractivity contribution is 0.305. The van der Waals surface area contributed by atoms with E-state index in [0.717, 1.165) is 0 Å². The summed E-state index contributed by atoms with van der Waals surface area (Å²) in [5, 5.41) is 0. The summed E-state index contributed by atoms with van der Waals surface area (Å²) in [5.74, 6) is -1.76. The molecular formula is C7H9N3O4Si. The molecule has 0 aliphatic carbocycles. The first kappa shape index (κ1) is 13.3. The maximum atomic E-state index is 10.1. The zero-order valence-electron chi connectivity index (χ0n) is 8.10. The molecule has 0 aliphatic rings. The minimum Gasteiger partial charge on any atom is -0.428 e. The Bertz CT molecular complexity index is 295. The third-order valence-corrected chi connectivity index (χ3v) is 1.94. The molecule has 0 saturated heterocycles.